The van der Waals surface area contributed by atoms with Crippen LogP contribution in [0.2, 0.25) is 5.15 Å². The van der Waals surface area contributed by atoms with Crippen LogP contribution in [0.15, 0.2) is 0 Å². The predicted octanol–water partition coefficient (Wildman–Crippen LogP) is 1.34. The molecular weight excluding hydrogens is 298 g/mol. The fourth-order valence-corrected chi connectivity index (χ4v) is 5.07. The van der Waals surface area contributed by atoms with Crippen molar-refractivity contribution in [2.24, 2.45) is 13.0 Å². The van der Waals surface area contributed by atoms with E-state index >= 15 is 0 Å². The number of nitrogens with one attached hydrogen (secondary N) is 1. The monoisotopic (exact) mass is 319 g/mol. The van der Waals surface area contributed by atoms with E-state index in [-0.39, 0.29) is 17.7 Å². The lowest BCUT2D eigenvalue weighted by molar-refractivity contribution is 0.385. The molecule has 1 aliphatic rings. The van der Waals surface area contributed by atoms with Crippen LogP contribution in [0.5, 0.6) is 0 Å². The number of rotatable bonds is 5. The van der Waals surface area contributed by atoms with Crippen molar-refractivity contribution in [1.82, 2.24) is 15.1 Å². The molecule has 2 atom stereocenters. The molecule has 0 saturated carbocycles. The third-order valence-electron chi connectivity index (χ3n) is 4.00. The van der Waals surface area contributed by atoms with Gasteiger partial charge in [0.1, 0.15) is 5.15 Å². The summed E-state index contributed by atoms with van der Waals surface area (Å²) in [5.41, 5.74) is 1.94. The van der Waals surface area contributed by atoms with Gasteiger partial charge in [0, 0.05) is 18.7 Å². The van der Waals surface area contributed by atoms with Gasteiger partial charge >= 0.3 is 0 Å². The van der Waals surface area contributed by atoms with Gasteiger partial charge in [-0.05, 0) is 32.2 Å². The second-order valence-corrected chi connectivity index (χ2v) is 8.10. The molecule has 1 saturated heterocycles. The van der Waals surface area contributed by atoms with Crippen molar-refractivity contribution >= 4 is 21.4 Å². The number of hydrogen-bond donors (Lipinski definition) is 1. The molecule has 1 fully saturated rings. The molecular formula is C13H22ClN3O2S. The van der Waals surface area contributed by atoms with Crippen LogP contribution in [0.3, 0.4) is 0 Å². The van der Waals surface area contributed by atoms with E-state index in [1.165, 1.54) is 0 Å². The van der Waals surface area contributed by atoms with Crippen LogP contribution < -0.4 is 5.32 Å². The highest BCUT2D eigenvalue weighted by atomic mass is 35.5. The Balaban J connectivity index is 2.18. The van der Waals surface area contributed by atoms with Gasteiger partial charge in [-0.2, -0.15) is 5.10 Å². The Labute approximate surface area is 125 Å². The van der Waals surface area contributed by atoms with Crippen molar-refractivity contribution in [3.63, 3.8) is 0 Å². The summed E-state index contributed by atoms with van der Waals surface area (Å²) in [6.07, 6.45) is 1.46. The minimum absolute atomic E-state index is 0.137. The first-order valence-electron chi connectivity index (χ1n) is 6.96. The Bertz CT molecular complexity index is 583. The van der Waals surface area contributed by atoms with Crippen LogP contribution in [-0.2, 0) is 23.3 Å². The summed E-state index contributed by atoms with van der Waals surface area (Å²) in [5.74, 6) is 0.747. The van der Waals surface area contributed by atoms with E-state index in [0.29, 0.717) is 10.9 Å². The van der Waals surface area contributed by atoms with Crippen molar-refractivity contribution in [3.05, 3.63) is 16.4 Å². The van der Waals surface area contributed by atoms with Gasteiger partial charge in [-0.1, -0.05) is 18.5 Å². The zero-order valence-electron chi connectivity index (χ0n) is 12.2. The second kappa shape index (κ2) is 6.03. The van der Waals surface area contributed by atoms with E-state index in [4.69, 9.17) is 11.6 Å². The SMILES string of the molecule is CCNC(Cc1c(C)nn(C)c1Cl)C1CCS(=O)(=O)C1. The second-order valence-electron chi connectivity index (χ2n) is 5.51. The van der Waals surface area contributed by atoms with E-state index in [9.17, 15) is 8.42 Å². The lowest BCUT2D eigenvalue weighted by atomic mass is 9.93. The van der Waals surface area contributed by atoms with E-state index < -0.39 is 9.84 Å². The van der Waals surface area contributed by atoms with Gasteiger partial charge in [-0.15, -0.1) is 0 Å². The van der Waals surface area contributed by atoms with Gasteiger partial charge in [0.25, 0.3) is 0 Å². The molecule has 1 N–H and O–H groups in total. The largest absolute Gasteiger partial charge is 0.314 e. The maximum absolute atomic E-state index is 11.7. The molecule has 0 aromatic carbocycles. The van der Waals surface area contributed by atoms with Gasteiger partial charge in [0.2, 0.25) is 0 Å². The molecule has 114 valence electrons. The molecule has 20 heavy (non-hydrogen) atoms. The molecule has 1 aromatic rings. The first-order valence-corrected chi connectivity index (χ1v) is 9.15. The van der Waals surface area contributed by atoms with Crippen molar-refractivity contribution < 1.29 is 8.42 Å². The van der Waals surface area contributed by atoms with E-state index in [1.807, 2.05) is 20.9 Å². The molecule has 0 amide bonds. The molecule has 0 aliphatic carbocycles. The van der Waals surface area contributed by atoms with E-state index in [0.717, 1.165) is 30.6 Å². The lowest BCUT2D eigenvalue weighted by Crippen LogP contribution is -2.38. The number of nitrogens with zero attached hydrogens (tertiary/aromatic N) is 2. The Kier molecular flexibility index (Phi) is 4.76. The summed E-state index contributed by atoms with van der Waals surface area (Å²) in [4.78, 5) is 0. The Hall–Kier alpha value is -0.590. The number of sulfone groups is 1. The fourth-order valence-electron chi connectivity index (χ4n) is 2.93. The normalized spacial score (nSPS) is 23.1. The van der Waals surface area contributed by atoms with Gasteiger partial charge in [0.15, 0.2) is 9.84 Å². The molecule has 1 aliphatic heterocycles. The standard InChI is InChI=1S/C13H22ClN3O2S/c1-4-15-12(10-5-6-20(18,19)8-10)7-11-9(2)16-17(3)13(11)14/h10,12,15H,4-8H2,1-3H3. The highest BCUT2D eigenvalue weighted by molar-refractivity contribution is 7.91. The number of hydrogen-bond acceptors (Lipinski definition) is 4. The van der Waals surface area contributed by atoms with Crippen LogP contribution in [0.25, 0.3) is 0 Å². The Morgan fingerprint density at radius 1 is 1.55 bits per heavy atom. The van der Waals surface area contributed by atoms with Gasteiger partial charge in [-0.3, -0.25) is 4.68 Å². The molecule has 2 heterocycles. The van der Waals surface area contributed by atoms with E-state index in [2.05, 4.69) is 10.4 Å². The Morgan fingerprint density at radius 2 is 2.25 bits per heavy atom. The molecule has 0 radical (unpaired) electrons. The summed E-state index contributed by atoms with van der Waals surface area (Å²) in [6.45, 7) is 4.79. The summed E-state index contributed by atoms with van der Waals surface area (Å²) >= 11 is 6.28. The average Bonchev–Trinajstić information content (AvgIpc) is 2.83. The van der Waals surface area contributed by atoms with Gasteiger partial charge in [-0.25, -0.2) is 8.42 Å². The molecule has 0 spiro atoms. The number of aromatic nitrogens is 2. The molecule has 5 nitrogen and oxygen atoms in total. The van der Waals surface area contributed by atoms with E-state index in [1.54, 1.807) is 4.68 Å². The van der Waals surface area contributed by atoms with Crippen LogP contribution in [0, 0.1) is 12.8 Å². The average molecular weight is 320 g/mol. The minimum Gasteiger partial charge on any atom is -0.314 e. The summed E-state index contributed by atoms with van der Waals surface area (Å²) in [7, 11) is -1.04. The number of likely N-dealkylation sites (N-methyl/N-ethyl adjacent to an activating group) is 1. The molecule has 2 unspecified atom stereocenters. The number of aryl methyl sites for hydroxylation is 2. The fraction of sp³-hybridized carbons (Fsp3) is 0.769. The number of halogens is 1. The maximum atomic E-state index is 11.7. The van der Waals surface area contributed by atoms with Crippen LogP contribution >= 0.6 is 11.6 Å². The minimum atomic E-state index is -2.86. The van der Waals surface area contributed by atoms with Crippen molar-refractivity contribution in [2.45, 2.75) is 32.7 Å². The molecule has 1 aromatic heterocycles. The first kappa shape index (κ1) is 15.8. The smallest absolute Gasteiger partial charge is 0.150 e. The quantitative estimate of drug-likeness (QED) is 0.889. The topological polar surface area (TPSA) is 64.0 Å². The highest BCUT2D eigenvalue weighted by Crippen LogP contribution is 2.27. The maximum Gasteiger partial charge on any atom is 0.150 e. The van der Waals surface area contributed by atoms with Crippen LogP contribution in [-0.4, -0.2) is 42.3 Å². The van der Waals surface area contributed by atoms with Crippen molar-refractivity contribution in [1.29, 1.82) is 0 Å². The van der Waals surface area contributed by atoms with Crippen LogP contribution in [0.1, 0.15) is 24.6 Å². The molecule has 7 heteroatoms. The van der Waals surface area contributed by atoms with Crippen molar-refractivity contribution in [2.75, 3.05) is 18.1 Å². The van der Waals surface area contributed by atoms with Gasteiger partial charge < -0.3 is 5.32 Å². The summed E-state index contributed by atoms with van der Waals surface area (Å²) < 4.78 is 25.0. The first-order chi connectivity index (χ1) is 9.34. The Morgan fingerprint density at radius 3 is 2.70 bits per heavy atom. The predicted molar refractivity (Wildman–Crippen MR) is 80.9 cm³/mol. The molecule has 0 bridgehead atoms. The lowest BCUT2D eigenvalue weighted by Gasteiger charge is -2.23. The zero-order valence-corrected chi connectivity index (χ0v) is 13.8. The highest BCUT2D eigenvalue weighted by Gasteiger charge is 2.34. The molecule has 2 rings (SSSR count). The zero-order chi connectivity index (χ0) is 14.9. The third kappa shape index (κ3) is 3.35. The summed E-state index contributed by atoms with van der Waals surface area (Å²) in [6, 6.07) is 0.137. The van der Waals surface area contributed by atoms with Crippen LogP contribution in [0.4, 0.5) is 0 Å². The van der Waals surface area contributed by atoms with Crippen molar-refractivity contribution in [3.8, 4) is 0 Å². The third-order valence-corrected chi connectivity index (χ3v) is 6.26. The van der Waals surface area contributed by atoms with Gasteiger partial charge in [0.05, 0.1) is 17.2 Å². The summed E-state index contributed by atoms with van der Waals surface area (Å²) in [5, 5.41) is 8.38.